The molecule has 1 aromatic carbocycles. The van der Waals surface area contributed by atoms with Crippen LogP contribution in [-0.4, -0.2) is 42.7 Å². The molecular weight excluding hydrogens is 264 g/mol. The van der Waals surface area contributed by atoms with E-state index >= 15 is 0 Å². The molecule has 2 N–H and O–H groups in total. The summed E-state index contributed by atoms with van der Waals surface area (Å²) < 4.78 is 0. The molecule has 19 heavy (non-hydrogen) atoms. The van der Waals surface area contributed by atoms with Crippen LogP contribution in [0.15, 0.2) is 18.2 Å². The highest BCUT2D eigenvalue weighted by atomic mass is 35.5. The number of hydrogen-bond acceptors (Lipinski definition) is 3. The van der Waals surface area contributed by atoms with E-state index in [4.69, 9.17) is 11.6 Å². The first-order valence-corrected chi connectivity index (χ1v) is 6.63. The van der Waals surface area contributed by atoms with Gasteiger partial charge in [-0.05, 0) is 38.2 Å². The number of aromatic carboxylic acids is 1. The standard InChI is InChI=1S/C14H21ClN2O2/c1-9(2)13(8-17(3)4)16-12-6-5-10(15)7-11(12)14(18)19/h5-7,9,13,16H,8H2,1-4H3,(H,18,19). The molecule has 0 radical (unpaired) electrons. The van der Waals surface area contributed by atoms with Crippen molar-refractivity contribution in [2.45, 2.75) is 19.9 Å². The number of carbonyl (C=O) groups is 1. The third-order valence-electron chi connectivity index (χ3n) is 2.92. The molecule has 1 rings (SSSR count). The molecular formula is C14H21ClN2O2. The SMILES string of the molecule is CC(C)C(CN(C)C)Nc1ccc(Cl)cc1C(=O)O. The van der Waals surface area contributed by atoms with Crippen LogP contribution in [0.2, 0.25) is 5.02 Å². The van der Waals surface area contributed by atoms with E-state index in [-0.39, 0.29) is 11.6 Å². The van der Waals surface area contributed by atoms with Crippen LogP contribution >= 0.6 is 11.6 Å². The van der Waals surface area contributed by atoms with Gasteiger partial charge >= 0.3 is 5.97 Å². The first kappa shape index (κ1) is 15.8. The number of halogens is 1. The number of nitrogens with one attached hydrogen (secondary N) is 1. The third-order valence-corrected chi connectivity index (χ3v) is 3.15. The van der Waals surface area contributed by atoms with Gasteiger partial charge in [0.25, 0.3) is 0 Å². The van der Waals surface area contributed by atoms with Crippen LogP contribution in [0.25, 0.3) is 0 Å². The summed E-state index contributed by atoms with van der Waals surface area (Å²) in [5.74, 6) is -0.586. The third kappa shape index (κ3) is 4.73. The normalized spacial score (nSPS) is 12.8. The zero-order valence-electron chi connectivity index (χ0n) is 11.8. The van der Waals surface area contributed by atoms with Crippen LogP contribution in [0.4, 0.5) is 5.69 Å². The molecule has 0 aliphatic carbocycles. The second kappa shape index (κ2) is 6.78. The van der Waals surface area contributed by atoms with E-state index in [1.165, 1.54) is 6.07 Å². The number of benzene rings is 1. The van der Waals surface area contributed by atoms with Gasteiger partial charge in [0.15, 0.2) is 0 Å². The first-order chi connectivity index (χ1) is 8.81. The molecule has 0 heterocycles. The predicted molar refractivity (Wildman–Crippen MR) is 79.2 cm³/mol. The Labute approximate surface area is 119 Å². The van der Waals surface area contributed by atoms with Crippen molar-refractivity contribution in [3.8, 4) is 0 Å². The smallest absolute Gasteiger partial charge is 0.337 e. The highest BCUT2D eigenvalue weighted by Crippen LogP contribution is 2.23. The molecule has 1 atom stereocenters. The predicted octanol–water partition coefficient (Wildman–Crippen LogP) is 3.04. The topological polar surface area (TPSA) is 52.6 Å². The first-order valence-electron chi connectivity index (χ1n) is 6.25. The van der Waals surface area contributed by atoms with E-state index in [1.54, 1.807) is 12.1 Å². The van der Waals surface area contributed by atoms with Gasteiger partial charge in [-0.25, -0.2) is 4.79 Å². The molecule has 0 saturated heterocycles. The monoisotopic (exact) mass is 284 g/mol. The highest BCUT2D eigenvalue weighted by molar-refractivity contribution is 6.31. The van der Waals surface area contributed by atoms with E-state index in [0.717, 1.165) is 6.54 Å². The summed E-state index contributed by atoms with van der Waals surface area (Å²) in [5, 5.41) is 12.9. The Morgan fingerprint density at radius 3 is 2.53 bits per heavy atom. The summed E-state index contributed by atoms with van der Waals surface area (Å²) in [7, 11) is 3.99. The molecule has 0 bridgehead atoms. The van der Waals surface area contributed by atoms with E-state index in [1.807, 2.05) is 14.1 Å². The molecule has 0 aliphatic rings. The van der Waals surface area contributed by atoms with E-state index < -0.39 is 5.97 Å². The number of likely N-dealkylation sites (N-methyl/N-ethyl adjacent to an activating group) is 1. The molecule has 106 valence electrons. The molecule has 1 aromatic rings. The largest absolute Gasteiger partial charge is 0.478 e. The maximum Gasteiger partial charge on any atom is 0.337 e. The van der Waals surface area contributed by atoms with Gasteiger partial charge in [-0.3, -0.25) is 0 Å². The van der Waals surface area contributed by atoms with E-state index in [0.29, 0.717) is 16.6 Å². The summed E-state index contributed by atoms with van der Waals surface area (Å²) in [6.45, 7) is 5.05. The van der Waals surface area contributed by atoms with Gasteiger partial charge in [0.05, 0.1) is 5.56 Å². The molecule has 5 heteroatoms. The van der Waals surface area contributed by atoms with Crippen molar-refractivity contribution in [3.05, 3.63) is 28.8 Å². The van der Waals surface area contributed by atoms with Gasteiger partial charge in [0, 0.05) is 23.3 Å². The number of hydrogen-bond donors (Lipinski definition) is 2. The maximum atomic E-state index is 11.2. The van der Waals surface area contributed by atoms with E-state index in [9.17, 15) is 9.90 Å². The van der Waals surface area contributed by atoms with E-state index in [2.05, 4.69) is 24.1 Å². The van der Waals surface area contributed by atoms with Crippen LogP contribution in [0.5, 0.6) is 0 Å². The maximum absolute atomic E-state index is 11.2. The second-order valence-corrected chi connectivity index (χ2v) is 5.69. The highest BCUT2D eigenvalue weighted by Gasteiger charge is 2.18. The number of carboxylic acid groups (broad SMARTS) is 1. The summed E-state index contributed by atoms with van der Waals surface area (Å²) in [5.41, 5.74) is 0.814. The lowest BCUT2D eigenvalue weighted by atomic mass is 10.0. The van der Waals surface area contributed by atoms with Crippen LogP contribution < -0.4 is 5.32 Å². The van der Waals surface area contributed by atoms with Crippen molar-refractivity contribution in [1.82, 2.24) is 4.90 Å². The number of rotatable bonds is 6. The minimum atomic E-state index is -0.975. The van der Waals surface area contributed by atoms with Crippen LogP contribution in [0.1, 0.15) is 24.2 Å². The molecule has 0 fully saturated rings. The van der Waals surface area contributed by atoms with Crippen molar-refractivity contribution < 1.29 is 9.90 Å². The van der Waals surface area contributed by atoms with Crippen molar-refractivity contribution in [2.24, 2.45) is 5.92 Å². The lowest BCUT2D eigenvalue weighted by Gasteiger charge is -2.27. The molecule has 0 spiro atoms. The van der Waals surface area contributed by atoms with Gasteiger partial charge in [-0.2, -0.15) is 0 Å². The average Bonchev–Trinajstić information content (AvgIpc) is 2.29. The number of nitrogens with zero attached hydrogens (tertiary/aromatic N) is 1. The van der Waals surface area contributed by atoms with Gasteiger partial charge in [-0.15, -0.1) is 0 Å². The fourth-order valence-electron chi connectivity index (χ4n) is 1.84. The zero-order valence-corrected chi connectivity index (χ0v) is 12.5. The van der Waals surface area contributed by atoms with Gasteiger partial charge in [-0.1, -0.05) is 25.4 Å². The summed E-state index contributed by atoms with van der Waals surface area (Å²) in [6, 6.07) is 5.06. The van der Waals surface area contributed by atoms with Crippen molar-refractivity contribution >= 4 is 23.3 Å². The second-order valence-electron chi connectivity index (χ2n) is 5.25. The number of carboxylic acids is 1. The Balaban J connectivity index is 2.99. The molecule has 0 amide bonds. The lowest BCUT2D eigenvalue weighted by Crippen LogP contribution is -2.36. The van der Waals surface area contributed by atoms with Crippen LogP contribution in [-0.2, 0) is 0 Å². The van der Waals surface area contributed by atoms with Crippen molar-refractivity contribution in [3.63, 3.8) is 0 Å². The molecule has 4 nitrogen and oxygen atoms in total. The Morgan fingerprint density at radius 1 is 1.42 bits per heavy atom. The zero-order chi connectivity index (χ0) is 14.6. The van der Waals surface area contributed by atoms with Crippen LogP contribution in [0.3, 0.4) is 0 Å². The Kier molecular flexibility index (Phi) is 5.63. The van der Waals surface area contributed by atoms with Gasteiger partial charge in [0.2, 0.25) is 0 Å². The Bertz CT molecular complexity index is 447. The minimum absolute atomic E-state index is 0.175. The fraction of sp³-hybridized carbons (Fsp3) is 0.500. The number of anilines is 1. The Hall–Kier alpha value is -1.26. The van der Waals surface area contributed by atoms with Crippen LogP contribution in [0, 0.1) is 5.92 Å². The minimum Gasteiger partial charge on any atom is -0.478 e. The summed E-state index contributed by atoms with van der Waals surface area (Å²) >= 11 is 5.84. The van der Waals surface area contributed by atoms with Gasteiger partial charge in [0.1, 0.15) is 0 Å². The fourth-order valence-corrected chi connectivity index (χ4v) is 2.01. The molecule has 0 saturated carbocycles. The summed E-state index contributed by atoms with van der Waals surface area (Å²) in [4.78, 5) is 13.3. The molecule has 1 unspecified atom stereocenters. The quantitative estimate of drug-likeness (QED) is 0.843. The molecule has 0 aromatic heterocycles. The van der Waals surface area contributed by atoms with Gasteiger partial charge < -0.3 is 15.3 Å². The Morgan fingerprint density at radius 2 is 2.05 bits per heavy atom. The van der Waals surface area contributed by atoms with Crippen molar-refractivity contribution in [1.29, 1.82) is 0 Å². The molecule has 0 aliphatic heterocycles. The van der Waals surface area contributed by atoms with Crippen molar-refractivity contribution in [2.75, 3.05) is 26.0 Å². The average molecular weight is 285 g/mol. The summed E-state index contributed by atoms with van der Waals surface area (Å²) in [6.07, 6.45) is 0. The lowest BCUT2D eigenvalue weighted by molar-refractivity contribution is 0.0698.